The van der Waals surface area contributed by atoms with Gasteiger partial charge in [0.1, 0.15) is 0 Å². The molecule has 4 nitrogen and oxygen atoms in total. The van der Waals surface area contributed by atoms with Crippen molar-refractivity contribution in [3.8, 4) is 0 Å². The molecule has 104 valence electrons. The fraction of sp³-hybridized carbons (Fsp3) is 0.533. The average Bonchev–Trinajstić information content (AvgIpc) is 2.85. The highest BCUT2D eigenvalue weighted by molar-refractivity contribution is 5.69. The standard InChI is InChI=1S/C15H21NO3/c1-16(10-15(17)18)13-8-5-9-14(13)19-11-12-6-3-2-4-7-12/h2-4,6-7,13-14H,5,8-11H2,1H3,(H,17,18)/t13-,14-/m0/s1. The molecule has 0 heterocycles. The van der Waals surface area contributed by atoms with Crippen molar-refractivity contribution in [1.29, 1.82) is 0 Å². The summed E-state index contributed by atoms with van der Waals surface area (Å²) in [6, 6.07) is 10.3. The smallest absolute Gasteiger partial charge is 0.317 e. The van der Waals surface area contributed by atoms with Crippen LogP contribution in [0.3, 0.4) is 0 Å². The Morgan fingerprint density at radius 1 is 1.37 bits per heavy atom. The van der Waals surface area contributed by atoms with Gasteiger partial charge in [-0.05, 0) is 31.9 Å². The van der Waals surface area contributed by atoms with Gasteiger partial charge in [-0.1, -0.05) is 30.3 Å². The van der Waals surface area contributed by atoms with Gasteiger partial charge in [-0.25, -0.2) is 0 Å². The Kier molecular flexibility index (Phi) is 4.93. The lowest BCUT2D eigenvalue weighted by molar-refractivity contribution is -0.139. The fourth-order valence-corrected chi connectivity index (χ4v) is 2.71. The summed E-state index contributed by atoms with van der Waals surface area (Å²) < 4.78 is 5.97. The molecular weight excluding hydrogens is 242 g/mol. The molecule has 0 aromatic heterocycles. The van der Waals surface area contributed by atoms with Crippen LogP contribution in [0.5, 0.6) is 0 Å². The zero-order chi connectivity index (χ0) is 13.7. The van der Waals surface area contributed by atoms with Crippen molar-refractivity contribution in [2.75, 3.05) is 13.6 Å². The maximum atomic E-state index is 10.8. The number of carbonyl (C=O) groups is 1. The molecule has 0 amide bonds. The Morgan fingerprint density at radius 2 is 2.11 bits per heavy atom. The molecule has 1 aliphatic carbocycles. The number of rotatable bonds is 6. The van der Waals surface area contributed by atoms with Gasteiger partial charge in [0.05, 0.1) is 19.3 Å². The quantitative estimate of drug-likeness (QED) is 0.854. The van der Waals surface area contributed by atoms with Gasteiger partial charge in [0.2, 0.25) is 0 Å². The Bertz CT molecular complexity index is 407. The van der Waals surface area contributed by atoms with E-state index >= 15 is 0 Å². The number of carboxylic acid groups (broad SMARTS) is 1. The van der Waals surface area contributed by atoms with E-state index in [0.717, 1.165) is 24.8 Å². The Balaban J connectivity index is 1.86. The molecule has 2 rings (SSSR count). The number of benzene rings is 1. The molecule has 1 fully saturated rings. The van der Waals surface area contributed by atoms with Gasteiger partial charge in [-0.3, -0.25) is 9.69 Å². The molecule has 4 heteroatoms. The van der Waals surface area contributed by atoms with Gasteiger partial charge in [-0.2, -0.15) is 0 Å². The summed E-state index contributed by atoms with van der Waals surface area (Å²) in [6.45, 7) is 0.679. The average molecular weight is 263 g/mol. The van der Waals surface area contributed by atoms with Crippen LogP contribution >= 0.6 is 0 Å². The van der Waals surface area contributed by atoms with E-state index in [1.54, 1.807) is 0 Å². The highest BCUT2D eigenvalue weighted by Crippen LogP contribution is 2.26. The topological polar surface area (TPSA) is 49.8 Å². The predicted octanol–water partition coefficient (Wildman–Crippen LogP) is 2.14. The van der Waals surface area contributed by atoms with Crippen molar-refractivity contribution < 1.29 is 14.6 Å². The molecule has 1 aliphatic rings. The normalized spacial score (nSPS) is 22.8. The number of likely N-dealkylation sites (N-methyl/N-ethyl adjacent to an activating group) is 1. The maximum Gasteiger partial charge on any atom is 0.317 e. The largest absolute Gasteiger partial charge is 0.480 e. The van der Waals surface area contributed by atoms with E-state index in [1.807, 2.05) is 42.3 Å². The molecule has 0 unspecified atom stereocenters. The second-order valence-electron chi connectivity index (χ2n) is 5.14. The van der Waals surface area contributed by atoms with Crippen LogP contribution in [0.1, 0.15) is 24.8 Å². The van der Waals surface area contributed by atoms with E-state index in [2.05, 4.69) is 0 Å². The highest BCUT2D eigenvalue weighted by Gasteiger charge is 2.31. The first kappa shape index (κ1) is 14.0. The summed E-state index contributed by atoms with van der Waals surface area (Å²) in [7, 11) is 1.86. The molecule has 0 spiro atoms. The number of nitrogens with zero attached hydrogens (tertiary/aromatic N) is 1. The number of aliphatic carboxylic acids is 1. The van der Waals surface area contributed by atoms with Crippen molar-refractivity contribution in [2.24, 2.45) is 0 Å². The van der Waals surface area contributed by atoms with Crippen LogP contribution in [-0.4, -0.2) is 41.7 Å². The van der Waals surface area contributed by atoms with Crippen molar-refractivity contribution in [3.05, 3.63) is 35.9 Å². The van der Waals surface area contributed by atoms with Gasteiger partial charge in [0.15, 0.2) is 0 Å². The van der Waals surface area contributed by atoms with E-state index in [0.29, 0.717) is 6.61 Å². The van der Waals surface area contributed by atoms with Crippen LogP contribution in [0.4, 0.5) is 0 Å². The molecule has 0 saturated heterocycles. The van der Waals surface area contributed by atoms with Crippen LogP contribution in [-0.2, 0) is 16.1 Å². The molecule has 0 aliphatic heterocycles. The minimum atomic E-state index is -0.781. The first-order chi connectivity index (χ1) is 9.16. The van der Waals surface area contributed by atoms with E-state index in [1.165, 1.54) is 0 Å². The minimum absolute atomic E-state index is 0.0792. The lowest BCUT2D eigenvalue weighted by Crippen LogP contribution is -2.41. The van der Waals surface area contributed by atoms with Crippen molar-refractivity contribution in [3.63, 3.8) is 0 Å². The van der Waals surface area contributed by atoms with Gasteiger partial charge in [0, 0.05) is 6.04 Å². The molecule has 0 bridgehead atoms. The molecular formula is C15H21NO3. The van der Waals surface area contributed by atoms with Crippen molar-refractivity contribution in [1.82, 2.24) is 4.90 Å². The van der Waals surface area contributed by atoms with Crippen LogP contribution in [0.25, 0.3) is 0 Å². The Hall–Kier alpha value is -1.39. The van der Waals surface area contributed by atoms with Crippen molar-refractivity contribution in [2.45, 2.75) is 38.0 Å². The molecule has 19 heavy (non-hydrogen) atoms. The minimum Gasteiger partial charge on any atom is -0.480 e. The van der Waals surface area contributed by atoms with Crippen LogP contribution < -0.4 is 0 Å². The van der Waals surface area contributed by atoms with Gasteiger partial charge >= 0.3 is 5.97 Å². The summed E-state index contributed by atoms with van der Waals surface area (Å²) in [5, 5.41) is 8.86. The monoisotopic (exact) mass is 263 g/mol. The van der Waals surface area contributed by atoms with E-state index in [-0.39, 0.29) is 18.7 Å². The third-order valence-corrected chi connectivity index (χ3v) is 3.68. The Labute approximate surface area is 114 Å². The van der Waals surface area contributed by atoms with Crippen LogP contribution in [0, 0.1) is 0 Å². The highest BCUT2D eigenvalue weighted by atomic mass is 16.5. The van der Waals surface area contributed by atoms with E-state index in [4.69, 9.17) is 9.84 Å². The van der Waals surface area contributed by atoms with Crippen molar-refractivity contribution >= 4 is 5.97 Å². The summed E-state index contributed by atoms with van der Waals surface area (Å²) in [5.74, 6) is -0.781. The second kappa shape index (κ2) is 6.68. The van der Waals surface area contributed by atoms with Gasteiger partial charge in [-0.15, -0.1) is 0 Å². The lowest BCUT2D eigenvalue weighted by Gasteiger charge is -2.28. The molecule has 1 saturated carbocycles. The first-order valence-corrected chi connectivity index (χ1v) is 6.74. The predicted molar refractivity (Wildman–Crippen MR) is 72.9 cm³/mol. The Morgan fingerprint density at radius 3 is 2.79 bits per heavy atom. The zero-order valence-electron chi connectivity index (χ0n) is 11.3. The first-order valence-electron chi connectivity index (χ1n) is 6.74. The summed E-state index contributed by atoms with van der Waals surface area (Å²) in [5.41, 5.74) is 1.16. The second-order valence-corrected chi connectivity index (χ2v) is 5.14. The summed E-state index contributed by atoms with van der Waals surface area (Å²) in [6.07, 6.45) is 3.28. The maximum absolute atomic E-state index is 10.8. The molecule has 1 aromatic rings. The fourth-order valence-electron chi connectivity index (χ4n) is 2.71. The molecule has 0 radical (unpaired) electrons. The zero-order valence-corrected chi connectivity index (χ0v) is 11.3. The van der Waals surface area contributed by atoms with Gasteiger partial charge in [0.25, 0.3) is 0 Å². The molecule has 1 aromatic carbocycles. The van der Waals surface area contributed by atoms with Crippen LogP contribution in [0.2, 0.25) is 0 Å². The molecule has 2 atom stereocenters. The van der Waals surface area contributed by atoms with Gasteiger partial charge < -0.3 is 9.84 Å². The third kappa shape index (κ3) is 4.04. The number of ether oxygens (including phenoxy) is 1. The molecule has 1 N–H and O–H groups in total. The number of hydrogen-bond acceptors (Lipinski definition) is 3. The summed E-state index contributed by atoms with van der Waals surface area (Å²) >= 11 is 0. The number of hydrogen-bond donors (Lipinski definition) is 1. The lowest BCUT2D eigenvalue weighted by atomic mass is 10.2. The van der Waals surface area contributed by atoms with Crippen LogP contribution in [0.15, 0.2) is 30.3 Å². The summed E-state index contributed by atoms with van der Waals surface area (Å²) in [4.78, 5) is 12.7. The third-order valence-electron chi connectivity index (χ3n) is 3.68. The van der Waals surface area contributed by atoms with E-state index < -0.39 is 5.97 Å². The SMILES string of the molecule is CN(CC(=O)O)[C@H]1CCC[C@@H]1OCc1ccccc1. The van der Waals surface area contributed by atoms with E-state index in [9.17, 15) is 4.79 Å². The number of carboxylic acids is 1.